The molecule has 1 aromatic heterocycles. The van der Waals surface area contributed by atoms with E-state index in [1.165, 1.54) is 6.20 Å². The lowest BCUT2D eigenvalue weighted by Crippen LogP contribution is -2.11. The minimum absolute atomic E-state index is 0.267. The molecule has 5 nitrogen and oxygen atoms in total. The Hall–Kier alpha value is -1.48. The third-order valence-electron chi connectivity index (χ3n) is 2.08. The molecule has 1 aromatic carbocycles. The Morgan fingerprint density at radius 3 is 2.50 bits per heavy atom. The summed E-state index contributed by atoms with van der Waals surface area (Å²) in [7, 11) is 0. The molecule has 2 aromatic rings. The molecule has 18 heavy (non-hydrogen) atoms. The van der Waals surface area contributed by atoms with Crippen LogP contribution in [-0.4, -0.2) is 16.8 Å². The van der Waals surface area contributed by atoms with Crippen molar-refractivity contribution >= 4 is 50.9 Å². The zero-order valence-electron chi connectivity index (χ0n) is 9.01. The number of nitrogens with two attached hydrogens (primary N) is 1. The summed E-state index contributed by atoms with van der Waals surface area (Å²) in [6.07, 6.45) is 1.34. The second-order valence-corrected chi connectivity index (χ2v) is 5.63. The van der Waals surface area contributed by atoms with Gasteiger partial charge in [0.05, 0.1) is 6.20 Å². The molecule has 0 radical (unpaired) electrons. The predicted octanol–water partition coefficient (Wildman–Crippen LogP) is 2.10. The number of benzene rings is 1. The Bertz CT molecular complexity index is 595. The molecule has 0 unspecified atom stereocenters. The molecule has 0 aliphatic heterocycles. The number of thiazole rings is 1. The second-order valence-electron chi connectivity index (χ2n) is 3.35. The van der Waals surface area contributed by atoms with E-state index in [9.17, 15) is 9.59 Å². The highest BCUT2D eigenvalue weighted by atomic mass is 127. The molecule has 0 bridgehead atoms. The first-order chi connectivity index (χ1) is 8.56. The fourth-order valence-electron chi connectivity index (χ4n) is 1.22. The van der Waals surface area contributed by atoms with Gasteiger partial charge in [-0.15, -0.1) is 0 Å². The highest BCUT2D eigenvalue weighted by molar-refractivity contribution is 14.1. The summed E-state index contributed by atoms with van der Waals surface area (Å²) in [4.78, 5) is 26.9. The zero-order valence-corrected chi connectivity index (χ0v) is 12.0. The summed E-state index contributed by atoms with van der Waals surface area (Å²) < 4.78 is 1.05. The normalized spacial score (nSPS) is 10.1. The number of aromatic nitrogens is 1. The Morgan fingerprint density at radius 1 is 1.28 bits per heavy atom. The third kappa shape index (κ3) is 3.05. The average Bonchev–Trinajstić information content (AvgIpc) is 2.78. The standard InChI is InChI=1S/C11H8IN3O2S/c12-7-3-1-6(2-4-7)10(17)15-11-14-5-8(18-11)9(13)16/h1-5H,(H2,13,16)(H,14,15,17). The predicted molar refractivity (Wildman–Crippen MR) is 77.7 cm³/mol. The summed E-state index contributed by atoms with van der Waals surface area (Å²) in [5, 5.41) is 2.97. The number of carbonyl (C=O) groups is 2. The van der Waals surface area contributed by atoms with Crippen molar-refractivity contribution in [3.8, 4) is 0 Å². The van der Waals surface area contributed by atoms with E-state index in [0.29, 0.717) is 15.6 Å². The third-order valence-corrected chi connectivity index (χ3v) is 3.72. The van der Waals surface area contributed by atoms with Gasteiger partial charge in [-0.3, -0.25) is 14.9 Å². The smallest absolute Gasteiger partial charge is 0.260 e. The molecule has 3 N–H and O–H groups in total. The number of halogens is 1. The average molecular weight is 373 g/mol. The summed E-state index contributed by atoms with van der Waals surface area (Å²) in [5.41, 5.74) is 5.64. The van der Waals surface area contributed by atoms with Crippen LogP contribution in [0.1, 0.15) is 20.0 Å². The lowest BCUT2D eigenvalue weighted by molar-refractivity contribution is 0.100. The number of hydrogen-bond acceptors (Lipinski definition) is 4. The van der Waals surface area contributed by atoms with E-state index in [1.807, 2.05) is 12.1 Å². The molecule has 7 heteroatoms. The van der Waals surface area contributed by atoms with Crippen molar-refractivity contribution in [3.63, 3.8) is 0 Å². The van der Waals surface area contributed by atoms with E-state index >= 15 is 0 Å². The Kier molecular flexibility index (Phi) is 3.92. The van der Waals surface area contributed by atoms with Crippen LogP contribution < -0.4 is 11.1 Å². The molecule has 0 spiro atoms. The first-order valence-corrected chi connectivity index (χ1v) is 6.78. The molecule has 0 aliphatic rings. The van der Waals surface area contributed by atoms with Crippen molar-refractivity contribution in [1.82, 2.24) is 4.98 Å². The fourth-order valence-corrected chi connectivity index (χ4v) is 2.24. The van der Waals surface area contributed by atoms with Gasteiger partial charge in [0.2, 0.25) is 0 Å². The van der Waals surface area contributed by atoms with Crippen molar-refractivity contribution in [2.75, 3.05) is 5.32 Å². The number of nitrogens with one attached hydrogen (secondary N) is 1. The van der Waals surface area contributed by atoms with E-state index in [0.717, 1.165) is 14.9 Å². The van der Waals surface area contributed by atoms with Crippen LogP contribution in [0.25, 0.3) is 0 Å². The quantitative estimate of drug-likeness (QED) is 0.809. The molecular weight excluding hydrogens is 365 g/mol. The second kappa shape index (κ2) is 5.44. The maximum Gasteiger partial charge on any atom is 0.260 e. The number of anilines is 1. The van der Waals surface area contributed by atoms with Gasteiger partial charge in [0.25, 0.3) is 11.8 Å². The van der Waals surface area contributed by atoms with Crippen LogP contribution in [0, 0.1) is 3.57 Å². The van der Waals surface area contributed by atoms with Crippen molar-refractivity contribution in [2.45, 2.75) is 0 Å². The van der Waals surface area contributed by atoms with Crippen LogP contribution in [0.5, 0.6) is 0 Å². The van der Waals surface area contributed by atoms with Gasteiger partial charge in [0.1, 0.15) is 4.88 Å². The van der Waals surface area contributed by atoms with Gasteiger partial charge in [-0.25, -0.2) is 4.98 Å². The van der Waals surface area contributed by atoms with Gasteiger partial charge in [0, 0.05) is 9.13 Å². The molecule has 0 aliphatic carbocycles. The molecule has 1 heterocycles. The topological polar surface area (TPSA) is 85.1 Å². The van der Waals surface area contributed by atoms with Crippen molar-refractivity contribution in [2.24, 2.45) is 5.73 Å². The number of hydrogen-bond donors (Lipinski definition) is 2. The lowest BCUT2D eigenvalue weighted by atomic mass is 10.2. The Labute approximate surface area is 121 Å². The van der Waals surface area contributed by atoms with Gasteiger partial charge in [-0.05, 0) is 46.9 Å². The first kappa shape index (κ1) is 13.0. The van der Waals surface area contributed by atoms with Crippen LogP contribution in [-0.2, 0) is 0 Å². The summed E-state index contributed by atoms with van der Waals surface area (Å²) >= 11 is 3.21. The van der Waals surface area contributed by atoms with Crippen molar-refractivity contribution in [3.05, 3.63) is 44.5 Å². The SMILES string of the molecule is NC(=O)c1cnc(NC(=O)c2ccc(I)cc2)s1. The molecule has 0 atom stereocenters. The van der Waals surface area contributed by atoms with Crippen LogP contribution in [0.15, 0.2) is 30.5 Å². The van der Waals surface area contributed by atoms with Gasteiger partial charge in [-0.1, -0.05) is 11.3 Å². The van der Waals surface area contributed by atoms with E-state index < -0.39 is 5.91 Å². The van der Waals surface area contributed by atoms with Gasteiger partial charge >= 0.3 is 0 Å². The highest BCUT2D eigenvalue weighted by Gasteiger charge is 2.10. The molecule has 2 rings (SSSR count). The van der Waals surface area contributed by atoms with Crippen LogP contribution in [0.3, 0.4) is 0 Å². The monoisotopic (exact) mass is 373 g/mol. The van der Waals surface area contributed by atoms with Crippen molar-refractivity contribution < 1.29 is 9.59 Å². The number of primary amides is 1. The minimum Gasteiger partial charge on any atom is -0.365 e. The van der Waals surface area contributed by atoms with E-state index in [2.05, 4.69) is 32.9 Å². The number of carbonyl (C=O) groups excluding carboxylic acids is 2. The van der Waals surface area contributed by atoms with E-state index in [-0.39, 0.29) is 5.91 Å². The summed E-state index contributed by atoms with van der Waals surface area (Å²) in [5.74, 6) is -0.820. The van der Waals surface area contributed by atoms with Gasteiger partial charge < -0.3 is 5.73 Å². The minimum atomic E-state index is -0.553. The summed E-state index contributed by atoms with van der Waals surface area (Å²) in [6, 6.07) is 7.12. The van der Waals surface area contributed by atoms with E-state index in [4.69, 9.17) is 5.73 Å². The largest absolute Gasteiger partial charge is 0.365 e. The Morgan fingerprint density at radius 2 is 1.94 bits per heavy atom. The molecular formula is C11H8IN3O2S. The number of nitrogens with zero attached hydrogens (tertiary/aromatic N) is 1. The molecule has 0 fully saturated rings. The van der Waals surface area contributed by atoms with Crippen LogP contribution >= 0.6 is 33.9 Å². The maximum absolute atomic E-state index is 11.8. The van der Waals surface area contributed by atoms with E-state index in [1.54, 1.807) is 12.1 Å². The molecule has 0 saturated carbocycles. The summed E-state index contributed by atoms with van der Waals surface area (Å²) in [6.45, 7) is 0. The maximum atomic E-state index is 11.8. The molecule has 92 valence electrons. The van der Waals surface area contributed by atoms with Crippen LogP contribution in [0.4, 0.5) is 5.13 Å². The lowest BCUT2D eigenvalue weighted by Gasteiger charge is -2.01. The zero-order chi connectivity index (χ0) is 13.1. The van der Waals surface area contributed by atoms with Gasteiger partial charge in [-0.2, -0.15) is 0 Å². The first-order valence-electron chi connectivity index (χ1n) is 4.89. The van der Waals surface area contributed by atoms with Crippen LogP contribution in [0.2, 0.25) is 0 Å². The van der Waals surface area contributed by atoms with Gasteiger partial charge in [0.15, 0.2) is 5.13 Å². The molecule has 0 saturated heterocycles. The number of amides is 2. The van der Waals surface area contributed by atoms with Crippen molar-refractivity contribution in [1.29, 1.82) is 0 Å². The highest BCUT2D eigenvalue weighted by Crippen LogP contribution is 2.18. The molecule has 2 amide bonds. The number of rotatable bonds is 3. The fraction of sp³-hybridized carbons (Fsp3) is 0. The Balaban J connectivity index is 2.11.